The third-order valence-corrected chi connectivity index (χ3v) is 3.37. The van der Waals surface area contributed by atoms with Crippen LogP contribution in [0.5, 0.6) is 5.75 Å². The van der Waals surface area contributed by atoms with E-state index in [0.29, 0.717) is 22.6 Å². The molecule has 2 aromatic rings. The second-order valence-corrected chi connectivity index (χ2v) is 5.90. The number of rotatable bonds is 7. The fourth-order valence-corrected chi connectivity index (χ4v) is 2.18. The summed E-state index contributed by atoms with van der Waals surface area (Å²) in [7, 11) is 0. The lowest BCUT2D eigenvalue weighted by Gasteiger charge is -2.13. The van der Waals surface area contributed by atoms with Crippen LogP contribution in [0.3, 0.4) is 0 Å². The number of para-hydroxylation sites is 1. The second-order valence-electron chi connectivity index (χ2n) is 5.90. The summed E-state index contributed by atoms with van der Waals surface area (Å²) in [6.07, 6.45) is 0. The monoisotopic (exact) mass is 355 g/mol. The van der Waals surface area contributed by atoms with Crippen molar-refractivity contribution in [3.63, 3.8) is 0 Å². The molecule has 0 aromatic heterocycles. The topological polar surface area (TPSA) is 111 Å². The minimum atomic E-state index is -0.537. The highest BCUT2D eigenvalue weighted by Gasteiger charge is 2.14. The molecule has 2 aromatic carbocycles. The van der Waals surface area contributed by atoms with Crippen molar-refractivity contribution in [2.24, 2.45) is 5.73 Å². The number of hydrogen-bond acceptors (Lipinski definition) is 4. The van der Waals surface area contributed by atoms with Crippen molar-refractivity contribution in [3.05, 3.63) is 59.7 Å². The van der Waals surface area contributed by atoms with Crippen molar-refractivity contribution in [1.29, 1.82) is 0 Å². The molecular weight excluding hydrogens is 334 g/mol. The van der Waals surface area contributed by atoms with Crippen LogP contribution in [0.1, 0.15) is 34.6 Å². The number of primary amides is 1. The number of anilines is 1. The highest BCUT2D eigenvalue weighted by atomic mass is 16.5. The lowest BCUT2D eigenvalue weighted by atomic mass is 10.1. The van der Waals surface area contributed by atoms with Gasteiger partial charge in [-0.3, -0.25) is 14.4 Å². The normalized spacial score (nSPS) is 10.3. The Morgan fingerprint density at radius 3 is 2.31 bits per heavy atom. The summed E-state index contributed by atoms with van der Waals surface area (Å²) in [5.74, 6) is -0.783. The molecule has 0 heterocycles. The van der Waals surface area contributed by atoms with E-state index in [9.17, 15) is 14.4 Å². The van der Waals surface area contributed by atoms with Crippen LogP contribution in [0.4, 0.5) is 5.69 Å². The van der Waals surface area contributed by atoms with Crippen LogP contribution in [0.15, 0.2) is 48.5 Å². The molecule has 4 N–H and O–H groups in total. The first-order valence-electron chi connectivity index (χ1n) is 8.09. The molecule has 0 aliphatic heterocycles. The summed E-state index contributed by atoms with van der Waals surface area (Å²) >= 11 is 0. The van der Waals surface area contributed by atoms with E-state index in [1.807, 2.05) is 13.8 Å². The Morgan fingerprint density at radius 2 is 1.69 bits per heavy atom. The van der Waals surface area contributed by atoms with Crippen molar-refractivity contribution in [2.75, 3.05) is 11.9 Å². The number of carbonyl (C=O) groups excluding carboxylic acids is 3. The van der Waals surface area contributed by atoms with Gasteiger partial charge in [0.25, 0.3) is 11.8 Å². The molecule has 0 spiro atoms. The Morgan fingerprint density at radius 1 is 1.04 bits per heavy atom. The van der Waals surface area contributed by atoms with E-state index in [-0.39, 0.29) is 18.6 Å². The van der Waals surface area contributed by atoms with Crippen LogP contribution in [-0.4, -0.2) is 30.4 Å². The number of amides is 3. The maximum Gasteiger partial charge on any atom is 0.262 e. The standard InChI is InChI=1S/C19H21N3O4/c1-12(2)21-19(25)15-5-3-4-6-16(15)22-17(23)11-26-14-9-7-13(8-10-14)18(20)24/h3-10,12H,11H2,1-2H3,(H2,20,24)(H,21,25)(H,22,23). The number of carbonyl (C=O) groups is 3. The Hall–Kier alpha value is -3.35. The van der Waals surface area contributed by atoms with Gasteiger partial charge in [-0.1, -0.05) is 12.1 Å². The zero-order chi connectivity index (χ0) is 19.1. The lowest BCUT2D eigenvalue weighted by Crippen LogP contribution is -2.31. The summed E-state index contributed by atoms with van der Waals surface area (Å²) in [6, 6.07) is 12.9. The molecular formula is C19H21N3O4. The molecule has 0 aliphatic rings. The van der Waals surface area contributed by atoms with Gasteiger partial charge in [0.05, 0.1) is 11.3 Å². The predicted molar refractivity (Wildman–Crippen MR) is 98.1 cm³/mol. The minimum Gasteiger partial charge on any atom is -0.484 e. The first-order valence-corrected chi connectivity index (χ1v) is 8.09. The largest absolute Gasteiger partial charge is 0.484 e. The third kappa shape index (κ3) is 5.34. The van der Waals surface area contributed by atoms with Gasteiger partial charge in [0.15, 0.2) is 6.61 Å². The van der Waals surface area contributed by atoms with Crippen LogP contribution in [-0.2, 0) is 4.79 Å². The summed E-state index contributed by atoms with van der Waals surface area (Å²) in [6.45, 7) is 3.48. The highest BCUT2D eigenvalue weighted by molar-refractivity contribution is 6.04. The van der Waals surface area contributed by atoms with Crippen LogP contribution < -0.4 is 21.1 Å². The molecule has 0 atom stereocenters. The Kier molecular flexibility index (Phi) is 6.32. The molecule has 7 heteroatoms. The zero-order valence-electron chi connectivity index (χ0n) is 14.6. The Labute approximate surface area is 151 Å². The SMILES string of the molecule is CC(C)NC(=O)c1ccccc1NC(=O)COc1ccc(C(N)=O)cc1. The second kappa shape index (κ2) is 8.66. The van der Waals surface area contributed by atoms with E-state index in [2.05, 4.69) is 10.6 Å². The molecule has 26 heavy (non-hydrogen) atoms. The average Bonchev–Trinajstić information content (AvgIpc) is 2.60. The quantitative estimate of drug-likeness (QED) is 0.705. The third-order valence-electron chi connectivity index (χ3n) is 3.37. The van der Waals surface area contributed by atoms with Gasteiger partial charge in [-0.05, 0) is 50.2 Å². The molecule has 0 saturated carbocycles. The molecule has 0 bridgehead atoms. The number of ether oxygens (including phenoxy) is 1. The first kappa shape index (κ1) is 19.0. The van der Waals surface area contributed by atoms with Gasteiger partial charge >= 0.3 is 0 Å². The van der Waals surface area contributed by atoms with E-state index in [1.54, 1.807) is 36.4 Å². The number of nitrogens with two attached hydrogens (primary N) is 1. The van der Waals surface area contributed by atoms with Gasteiger partial charge in [0.1, 0.15) is 5.75 Å². The number of benzene rings is 2. The average molecular weight is 355 g/mol. The van der Waals surface area contributed by atoms with Crippen LogP contribution in [0.25, 0.3) is 0 Å². The molecule has 136 valence electrons. The fourth-order valence-electron chi connectivity index (χ4n) is 2.18. The van der Waals surface area contributed by atoms with Gasteiger partial charge in [-0.15, -0.1) is 0 Å². The predicted octanol–water partition coefficient (Wildman–Crippen LogP) is 1.94. The van der Waals surface area contributed by atoms with Crippen molar-refractivity contribution < 1.29 is 19.1 Å². The fraction of sp³-hybridized carbons (Fsp3) is 0.211. The smallest absolute Gasteiger partial charge is 0.262 e. The summed E-state index contributed by atoms with van der Waals surface area (Å²) in [5, 5.41) is 5.45. The van der Waals surface area contributed by atoms with E-state index in [0.717, 1.165) is 0 Å². The highest BCUT2D eigenvalue weighted by Crippen LogP contribution is 2.16. The molecule has 0 unspecified atom stereocenters. The molecule has 7 nitrogen and oxygen atoms in total. The minimum absolute atomic E-state index is 0.0158. The van der Waals surface area contributed by atoms with Gasteiger partial charge in [-0.2, -0.15) is 0 Å². The van der Waals surface area contributed by atoms with Gasteiger partial charge in [-0.25, -0.2) is 0 Å². The van der Waals surface area contributed by atoms with E-state index in [4.69, 9.17) is 10.5 Å². The van der Waals surface area contributed by atoms with Crippen LogP contribution in [0.2, 0.25) is 0 Å². The zero-order valence-corrected chi connectivity index (χ0v) is 14.6. The van der Waals surface area contributed by atoms with Gasteiger partial charge in [0.2, 0.25) is 5.91 Å². The van der Waals surface area contributed by atoms with Crippen LogP contribution >= 0.6 is 0 Å². The first-order chi connectivity index (χ1) is 12.4. The van der Waals surface area contributed by atoms with E-state index >= 15 is 0 Å². The van der Waals surface area contributed by atoms with Crippen molar-refractivity contribution in [3.8, 4) is 5.75 Å². The molecule has 0 radical (unpaired) electrons. The Balaban J connectivity index is 1.97. The molecule has 2 rings (SSSR count). The number of hydrogen-bond donors (Lipinski definition) is 3. The van der Waals surface area contributed by atoms with E-state index in [1.165, 1.54) is 12.1 Å². The van der Waals surface area contributed by atoms with Gasteiger partial charge in [0, 0.05) is 11.6 Å². The maximum absolute atomic E-state index is 12.2. The van der Waals surface area contributed by atoms with E-state index < -0.39 is 11.8 Å². The van der Waals surface area contributed by atoms with Crippen molar-refractivity contribution in [2.45, 2.75) is 19.9 Å². The summed E-state index contributed by atoms with van der Waals surface area (Å²) in [5.41, 5.74) is 6.30. The maximum atomic E-state index is 12.2. The molecule has 0 aliphatic carbocycles. The molecule has 3 amide bonds. The Bertz CT molecular complexity index is 801. The van der Waals surface area contributed by atoms with Crippen molar-refractivity contribution in [1.82, 2.24) is 5.32 Å². The number of nitrogens with one attached hydrogen (secondary N) is 2. The lowest BCUT2D eigenvalue weighted by molar-refractivity contribution is -0.118. The van der Waals surface area contributed by atoms with Gasteiger partial charge < -0.3 is 21.1 Å². The summed E-state index contributed by atoms with van der Waals surface area (Å²) < 4.78 is 5.37. The summed E-state index contributed by atoms with van der Waals surface area (Å²) in [4.78, 5) is 35.3. The van der Waals surface area contributed by atoms with Crippen molar-refractivity contribution >= 4 is 23.4 Å². The van der Waals surface area contributed by atoms with Crippen LogP contribution in [0, 0.1) is 0 Å². The molecule has 0 saturated heterocycles. The molecule has 0 fully saturated rings.